The Morgan fingerprint density at radius 3 is 2.46 bits per heavy atom. The van der Waals surface area contributed by atoms with Crippen LogP contribution in [-0.4, -0.2) is 27.8 Å². The molecular weight excluding hydrogens is 494 g/mol. The monoisotopic (exact) mass is 513 g/mol. The minimum absolute atomic E-state index is 0.0497. The average molecular weight is 513 g/mol. The topological polar surface area (TPSA) is 102 Å². The van der Waals surface area contributed by atoms with Crippen molar-refractivity contribution in [2.45, 2.75) is 20.0 Å². The lowest BCUT2D eigenvalue weighted by Gasteiger charge is -2.19. The molecule has 1 aliphatic rings. The van der Waals surface area contributed by atoms with E-state index < -0.39 is 46.5 Å². The predicted molar refractivity (Wildman–Crippen MR) is 129 cm³/mol. The average Bonchev–Trinajstić information content (AvgIpc) is 3.10. The Bertz CT molecular complexity index is 1500. The van der Waals surface area contributed by atoms with Gasteiger partial charge in [-0.3, -0.25) is 15.1 Å². The van der Waals surface area contributed by atoms with Crippen molar-refractivity contribution in [3.8, 4) is 5.75 Å². The molecule has 11 heteroatoms. The molecule has 0 unspecified atom stereocenters. The first-order valence-corrected chi connectivity index (χ1v) is 10.8. The summed E-state index contributed by atoms with van der Waals surface area (Å²) in [5, 5.41) is 23.2. The number of carbonyl (C=O) groups is 2. The molecule has 1 aliphatic heterocycles. The molecule has 0 spiro atoms. The van der Waals surface area contributed by atoms with Crippen LogP contribution in [0.1, 0.15) is 27.8 Å². The molecule has 0 aromatic heterocycles. The number of nitrogens with zero attached hydrogens (tertiary/aromatic N) is 2. The summed E-state index contributed by atoms with van der Waals surface area (Å²) in [6, 6.07) is 10.0. The molecule has 3 aromatic carbocycles. The highest BCUT2D eigenvalue weighted by Gasteiger charge is 2.41. The number of para-hydroxylation sites is 1. The highest BCUT2D eigenvalue weighted by Crippen LogP contribution is 2.42. The molecular formula is C26H19F4N3O4. The summed E-state index contributed by atoms with van der Waals surface area (Å²) in [5.74, 6) is -3.84. The molecule has 3 aromatic rings. The summed E-state index contributed by atoms with van der Waals surface area (Å²) in [4.78, 5) is 25.1. The first kappa shape index (κ1) is 25.4. The zero-order valence-electron chi connectivity index (χ0n) is 19.4. The summed E-state index contributed by atoms with van der Waals surface area (Å²) < 4.78 is 55.5. The van der Waals surface area contributed by atoms with Gasteiger partial charge in [-0.25, -0.2) is 9.18 Å². The van der Waals surface area contributed by atoms with Gasteiger partial charge in [0.2, 0.25) is 0 Å². The molecule has 4 rings (SSSR count). The summed E-state index contributed by atoms with van der Waals surface area (Å²) >= 11 is 0. The molecule has 0 bridgehead atoms. The van der Waals surface area contributed by atoms with Gasteiger partial charge in [0.1, 0.15) is 11.6 Å². The fourth-order valence-corrected chi connectivity index (χ4v) is 3.78. The number of hydrogen-bond acceptors (Lipinski definition) is 5. The van der Waals surface area contributed by atoms with Crippen molar-refractivity contribution >= 4 is 40.7 Å². The summed E-state index contributed by atoms with van der Waals surface area (Å²) in [6.07, 6.45) is -2.93. The minimum Gasteiger partial charge on any atom is -0.505 e. The molecule has 0 saturated carbocycles. The highest BCUT2D eigenvalue weighted by molar-refractivity contribution is 6.55. The number of alkyl halides is 3. The van der Waals surface area contributed by atoms with Gasteiger partial charge in [-0.15, -0.1) is 0 Å². The number of hydrazone groups is 1. The van der Waals surface area contributed by atoms with E-state index in [1.165, 1.54) is 24.3 Å². The number of carbonyl (C=O) groups excluding carboxylic acids is 1. The molecule has 0 fully saturated rings. The molecule has 0 aliphatic carbocycles. The third-order valence-corrected chi connectivity index (χ3v) is 5.79. The third kappa shape index (κ3) is 4.88. The molecule has 1 heterocycles. The van der Waals surface area contributed by atoms with Gasteiger partial charge in [-0.1, -0.05) is 18.2 Å². The Hall–Kier alpha value is -4.67. The quantitative estimate of drug-likeness (QED) is 0.174. The molecule has 3 N–H and O–H groups in total. The number of aliphatic carboxylic acids is 1. The summed E-state index contributed by atoms with van der Waals surface area (Å²) in [6.45, 7) is 3.58. The number of aromatic hydroxyl groups is 1. The summed E-state index contributed by atoms with van der Waals surface area (Å²) in [7, 11) is 0. The zero-order valence-corrected chi connectivity index (χ0v) is 19.4. The number of rotatable bonds is 5. The zero-order chi connectivity index (χ0) is 27.1. The van der Waals surface area contributed by atoms with Crippen molar-refractivity contribution in [1.82, 2.24) is 0 Å². The number of carboxylic acids is 1. The second-order valence-electron chi connectivity index (χ2n) is 8.25. The number of benzene rings is 3. The normalized spacial score (nSPS) is 14.5. The van der Waals surface area contributed by atoms with Crippen LogP contribution in [0.2, 0.25) is 0 Å². The van der Waals surface area contributed by atoms with Crippen LogP contribution in [0.15, 0.2) is 59.7 Å². The van der Waals surface area contributed by atoms with Crippen LogP contribution >= 0.6 is 0 Å². The fourth-order valence-electron chi connectivity index (χ4n) is 3.78. The molecule has 0 atom stereocenters. The Balaban J connectivity index is 1.84. The van der Waals surface area contributed by atoms with Gasteiger partial charge in [-0.05, 0) is 61.4 Å². The number of aryl methyl sites for hydroxylation is 2. The maximum absolute atomic E-state index is 15.1. The first-order valence-electron chi connectivity index (χ1n) is 10.8. The first-order chi connectivity index (χ1) is 17.4. The van der Waals surface area contributed by atoms with E-state index >= 15 is 4.39 Å². The second-order valence-corrected chi connectivity index (χ2v) is 8.25. The van der Waals surface area contributed by atoms with Gasteiger partial charge in [0, 0.05) is 17.3 Å². The van der Waals surface area contributed by atoms with Crippen molar-refractivity contribution in [2.75, 3.05) is 10.3 Å². The van der Waals surface area contributed by atoms with E-state index in [9.17, 15) is 27.9 Å². The van der Waals surface area contributed by atoms with Crippen molar-refractivity contribution in [2.24, 2.45) is 5.10 Å². The van der Waals surface area contributed by atoms with Crippen LogP contribution in [0.5, 0.6) is 5.75 Å². The molecule has 190 valence electrons. The van der Waals surface area contributed by atoms with Gasteiger partial charge in [0.15, 0.2) is 5.71 Å². The lowest BCUT2D eigenvalue weighted by Crippen LogP contribution is -2.26. The van der Waals surface area contributed by atoms with Gasteiger partial charge >= 0.3 is 12.1 Å². The molecule has 1 amide bonds. The summed E-state index contributed by atoms with van der Waals surface area (Å²) in [5.41, 5.74) is 1.83. The Morgan fingerprint density at radius 1 is 1.08 bits per heavy atom. The van der Waals surface area contributed by atoms with Crippen LogP contribution in [0, 0.1) is 19.7 Å². The third-order valence-electron chi connectivity index (χ3n) is 5.79. The number of halogens is 4. The van der Waals surface area contributed by atoms with Crippen molar-refractivity contribution in [1.29, 1.82) is 0 Å². The van der Waals surface area contributed by atoms with Gasteiger partial charge in [-0.2, -0.15) is 18.3 Å². The number of amides is 1. The fraction of sp³-hybridized carbons (Fsp3) is 0.115. The SMILES string of the molecule is Cc1ccc(N2C(=O)/C(=N\Nc3cccc(/C=C\C(=O)O)c3O)c3c(F)cc(C(F)(F)F)cc32)cc1C. The number of anilines is 3. The number of phenols is 1. The molecule has 0 saturated heterocycles. The molecule has 7 nitrogen and oxygen atoms in total. The number of nitrogens with one attached hydrogen (secondary N) is 1. The van der Waals surface area contributed by atoms with E-state index in [0.717, 1.165) is 28.2 Å². The van der Waals surface area contributed by atoms with Crippen LogP contribution in [-0.2, 0) is 15.8 Å². The van der Waals surface area contributed by atoms with Crippen molar-refractivity contribution in [3.05, 3.63) is 88.2 Å². The second kappa shape index (κ2) is 9.41. The highest BCUT2D eigenvalue weighted by atomic mass is 19.4. The lowest BCUT2D eigenvalue weighted by molar-refractivity contribution is -0.137. The van der Waals surface area contributed by atoms with Gasteiger partial charge in [0.25, 0.3) is 5.91 Å². The van der Waals surface area contributed by atoms with Gasteiger partial charge < -0.3 is 10.2 Å². The Labute approximate surface area is 208 Å². The maximum Gasteiger partial charge on any atom is 0.416 e. The van der Waals surface area contributed by atoms with Crippen LogP contribution in [0.3, 0.4) is 0 Å². The van der Waals surface area contributed by atoms with Crippen molar-refractivity contribution < 1.29 is 37.4 Å². The minimum atomic E-state index is -4.86. The number of hydrogen-bond donors (Lipinski definition) is 3. The largest absolute Gasteiger partial charge is 0.505 e. The number of phenolic OH excluding ortho intramolecular Hbond substituents is 1. The van der Waals surface area contributed by atoms with E-state index in [0.29, 0.717) is 12.1 Å². The van der Waals surface area contributed by atoms with E-state index in [1.54, 1.807) is 19.1 Å². The van der Waals surface area contributed by atoms with Crippen molar-refractivity contribution in [3.63, 3.8) is 0 Å². The number of carboxylic acid groups (broad SMARTS) is 1. The van der Waals surface area contributed by atoms with Crippen LogP contribution < -0.4 is 10.3 Å². The standard InChI is InChI=1S/C26H19F4N3O4/c1-13-6-8-17(10-14(13)2)33-20-12-16(26(28,29)30)11-18(27)22(20)23(25(33)37)32-31-19-5-3-4-15(24(19)36)7-9-21(34)35/h3-12,31,36H,1-2H3,(H,34,35)/b9-7-,32-23-. The smallest absolute Gasteiger partial charge is 0.416 e. The van der Waals surface area contributed by atoms with E-state index in [1.807, 2.05) is 6.92 Å². The van der Waals surface area contributed by atoms with Crippen LogP contribution in [0.4, 0.5) is 34.6 Å². The Morgan fingerprint density at radius 2 is 1.81 bits per heavy atom. The predicted octanol–water partition coefficient (Wildman–Crippen LogP) is 5.76. The number of fused-ring (bicyclic) bond motifs is 1. The van der Waals surface area contributed by atoms with E-state index in [4.69, 9.17) is 5.11 Å². The molecule has 37 heavy (non-hydrogen) atoms. The van der Waals surface area contributed by atoms with Crippen LogP contribution in [0.25, 0.3) is 6.08 Å². The lowest BCUT2D eigenvalue weighted by atomic mass is 10.1. The van der Waals surface area contributed by atoms with Gasteiger partial charge in [0.05, 0.1) is 22.5 Å². The van der Waals surface area contributed by atoms with E-state index in [2.05, 4.69) is 10.5 Å². The maximum atomic E-state index is 15.1. The van der Waals surface area contributed by atoms with E-state index in [-0.39, 0.29) is 22.6 Å². The Kier molecular flexibility index (Phi) is 6.47. The molecule has 0 radical (unpaired) electrons.